The lowest BCUT2D eigenvalue weighted by Gasteiger charge is -2.37. The molecule has 1 unspecified atom stereocenters. The number of amides is 1. The Morgan fingerprint density at radius 1 is 1.25 bits per heavy atom. The number of nitrogens with zero attached hydrogens (tertiary/aromatic N) is 4. The minimum atomic E-state index is 0.244. The average Bonchev–Trinajstić information content (AvgIpc) is 3.04. The van der Waals surface area contributed by atoms with E-state index in [4.69, 9.17) is 16.3 Å². The Morgan fingerprint density at radius 3 is 2.83 bits per heavy atom. The van der Waals surface area contributed by atoms with E-state index in [1.54, 1.807) is 17.1 Å². The summed E-state index contributed by atoms with van der Waals surface area (Å²) in [6.07, 6.45) is 8.41. The monoisotopic (exact) mass is 354 g/mol. The summed E-state index contributed by atoms with van der Waals surface area (Å²) in [6, 6.07) is 0.385. The van der Waals surface area contributed by atoms with Gasteiger partial charge in [0, 0.05) is 51.4 Å². The quantitative estimate of drug-likeness (QED) is 0.784. The van der Waals surface area contributed by atoms with Crippen LogP contribution < -0.4 is 0 Å². The van der Waals surface area contributed by atoms with Crippen molar-refractivity contribution >= 4 is 17.5 Å². The van der Waals surface area contributed by atoms with E-state index in [0.717, 1.165) is 58.7 Å². The number of hydrogen-bond acceptors (Lipinski definition) is 4. The first-order valence-electron chi connectivity index (χ1n) is 9.00. The number of piperidine rings is 1. The molecule has 134 valence electrons. The zero-order valence-corrected chi connectivity index (χ0v) is 15.0. The van der Waals surface area contributed by atoms with Gasteiger partial charge in [-0.3, -0.25) is 14.4 Å². The van der Waals surface area contributed by atoms with E-state index in [9.17, 15) is 4.79 Å². The van der Waals surface area contributed by atoms with Gasteiger partial charge in [-0.15, -0.1) is 0 Å². The van der Waals surface area contributed by atoms with Crippen molar-refractivity contribution in [2.45, 2.75) is 44.7 Å². The Morgan fingerprint density at radius 2 is 2.08 bits per heavy atom. The summed E-state index contributed by atoms with van der Waals surface area (Å²) in [7, 11) is 0. The summed E-state index contributed by atoms with van der Waals surface area (Å²) in [6.45, 7) is 6.25. The van der Waals surface area contributed by atoms with Crippen molar-refractivity contribution < 1.29 is 9.53 Å². The fourth-order valence-corrected chi connectivity index (χ4v) is 3.76. The maximum Gasteiger partial charge on any atom is 0.224 e. The van der Waals surface area contributed by atoms with E-state index >= 15 is 0 Å². The second-order valence-corrected chi connectivity index (χ2v) is 7.09. The molecule has 3 rings (SSSR count). The largest absolute Gasteiger partial charge is 0.379 e. The van der Waals surface area contributed by atoms with Crippen LogP contribution in [0.1, 0.15) is 32.1 Å². The number of likely N-dealkylation sites (tertiary alicyclic amines) is 1. The van der Waals surface area contributed by atoms with Crippen molar-refractivity contribution in [2.75, 3.05) is 39.4 Å². The number of morpholine rings is 1. The lowest BCUT2D eigenvalue weighted by atomic mass is 9.98. The first-order valence-corrected chi connectivity index (χ1v) is 9.38. The Hall–Kier alpha value is -1.11. The Labute approximate surface area is 148 Å². The Bertz CT molecular complexity index is 530. The van der Waals surface area contributed by atoms with Crippen molar-refractivity contribution in [1.82, 2.24) is 19.6 Å². The Balaban J connectivity index is 1.48. The molecule has 2 saturated heterocycles. The second kappa shape index (κ2) is 8.83. The molecule has 0 bridgehead atoms. The number of carbonyl (C=O) groups is 1. The number of aromatic nitrogens is 2. The van der Waals surface area contributed by atoms with E-state index in [1.165, 1.54) is 6.42 Å². The van der Waals surface area contributed by atoms with Crippen molar-refractivity contribution in [3.8, 4) is 0 Å². The second-order valence-electron chi connectivity index (χ2n) is 6.65. The highest BCUT2D eigenvalue weighted by atomic mass is 35.5. The molecule has 2 aliphatic heterocycles. The van der Waals surface area contributed by atoms with Gasteiger partial charge in [0.05, 0.1) is 24.4 Å². The van der Waals surface area contributed by atoms with Crippen LogP contribution in [0.3, 0.4) is 0 Å². The zero-order valence-electron chi connectivity index (χ0n) is 14.2. The van der Waals surface area contributed by atoms with Crippen molar-refractivity contribution in [3.63, 3.8) is 0 Å². The van der Waals surface area contributed by atoms with Crippen LogP contribution in [0, 0.1) is 0 Å². The number of hydrogen-bond donors (Lipinski definition) is 0. The summed E-state index contributed by atoms with van der Waals surface area (Å²) in [5.41, 5.74) is 0. The topological polar surface area (TPSA) is 50.6 Å². The van der Waals surface area contributed by atoms with E-state index < -0.39 is 0 Å². The van der Waals surface area contributed by atoms with Crippen LogP contribution in [0.5, 0.6) is 0 Å². The van der Waals surface area contributed by atoms with Crippen molar-refractivity contribution in [1.29, 1.82) is 0 Å². The number of carbonyl (C=O) groups excluding carboxylic acids is 1. The van der Waals surface area contributed by atoms with Gasteiger partial charge < -0.3 is 9.64 Å². The molecule has 24 heavy (non-hydrogen) atoms. The standard InChI is InChI=1S/C17H27ClN4O2/c18-15-13-19-21(14-15)8-5-17(23)22-6-2-1-3-16(22)4-7-20-9-11-24-12-10-20/h13-14,16H,1-12H2. The van der Waals surface area contributed by atoms with Crippen LogP contribution in [0.4, 0.5) is 0 Å². The summed E-state index contributed by atoms with van der Waals surface area (Å²) < 4.78 is 7.15. The molecule has 0 spiro atoms. The molecule has 7 heteroatoms. The van der Waals surface area contributed by atoms with Crippen molar-refractivity contribution in [3.05, 3.63) is 17.4 Å². The van der Waals surface area contributed by atoms with Gasteiger partial charge in [0.1, 0.15) is 0 Å². The van der Waals surface area contributed by atoms with E-state index in [2.05, 4.69) is 14.9 Å². The van der Waals surface area contributed by atoms with E-state index in [-0.39, 0.29) is 5.91 Å². The molecule has 1 atom stereocenters. The van der Waals surface area contributed by atoms with Crippen LogP contribution in [0.25, 0.3) is 0 Å². The maximum absolute atomic E-state index is 12.7. The van der Waals surface area contributed by atoms with Gasteiger partial charge in [0.15, 0.2) is 0 Å². The maximum atomic E-state index is 12.7. The van der Waals surface area contributed by atoms with E-state index in [0.29, 0.717) is 24.0 Å². The van der Waals surface area contributed by atoms with Crippen LogP contribution in [-0.2, 0) is 16.1 Å². The molecule has 6 nitrogen and oxygen atoms in total. The molecule has 3 heterocycles. The van der Waals surface area contributed by atoms with E-state index in [1.807, 2.05) is 0 Å². The van der Waals surface area contributed by atoms with Crippen LogP contribution in [0.2, 0.25) is 5.02 Å². The summed E-state index contributed by atoms with van der Waals surface area (Å²) >= 11 is 5.87. The molecule has 1 aromatic rings. The van der Waals surface area contributed by atoms with Crippen LogP contribution in [0.15, 0.2) is 12.4 Å². The molecule has 0 saturated carbocycles. The third-order valence-corrected chi connectivity index (χ3v) is 5.18. The highest BCUT2D eigenvalue weighted by Gasteiger charge is 2.27. The molecule has 2 aliphatic rings. The molecule has 0 radical (unpaired) electrons. The van der Waals surface area contributed by atoms with Crippen LogP contribution >= 0.6 is 11.6 Å². The van der Waals surface area contributed by atoms with Gasteiger partial charge in [-0.05, 0) is 25.7 Å². The lowest BCUT2D eigenvalue weighted by molar-refractivity contribution is -0.135. The van der Waals surface area contributed by atoms with Gasteiger partial charge in [0.25, 0.3) is 0 Å². The fourth-order valence-electron chi connectivity index (χ4n) is 3.60. The SMILES string of the molecule is O=C(CCn1cc(Cl)cn1)N1CCCCC1CCN1CCOCC1. The molecular weight excluding hydrogens is 328 g/mol. The summed E-state index contributed by atoms with van der Waals surface area (Å²) in [4.78, 5) is 17.2. The van der Waals surface area contributed by atoms with Gasteiger partial charge in [0.2, 0.25) is 5.91 Å². The lowest BCUT2D eigenvalue weighted by Crippen LogP contribution is -2.46. The normalized spacial score (nSPS) is 22.7. The minimum Gasteiger partial charge on any atom is -0.379 e. The number of aryl methyl sites for hydroxylation is 1. The molecule has 0 aromatic carbocycles. The van der Waals surface area contributed by atoms with Gasteiger partial charge in [-0.2, -0.15) is 5.10 Å². The summed E-state index contributed by atoms with van der Waals surface area (Å²) in [5.74, 6) is 0.244. The average molecular weight is 355 g/mol. The molecule has 1 aromatic heterocycles. The minimum absolute atomic E-state index is 0.244. The fraction of sp³-hybridized carbons (Fsp3) is 0.765. The third-order valence-electron chi connectivity index (χ3n) is 4.99. The Kier molecular flexibility index (Phi) is 6.51. The van der Waals surface area contributed by atoms with Crippen molar-refractivity contribution in [2.24, 2.45) is 0 Å². The highest BCUT2D eigenvalue weighted by molar-refractivity contribution is 6.30. The molecular formula is C17H27ClN4O2. The van der Waals surface area contributed by atoms with Gasteiger partial charge >= 0.3 is 0 Å². The molecule has 1 amide bonds. The first kappa shape index (κ1) is 17.7. The highest BCUT2D eigenvalue weighted by Crippen LogP contribution is 2.21. The van der Waals surface area contributed by atoms with Gasteiger partial charge in [-0.1, -0.05) is 11.6 Å². The number of ether oxygens (including phenoxy) is 1. The molecule has 0 aliphatic carbocycles. The molecule has 0 N–H and O–H groups in total. The van der Waals surface area contributed by atoms with Crippen LogP contribution in [-0.4, -0.2) is 70.9 Å². The summed E-state index contributed by atoms with van der Waals surface area (Å²) in [5, 5.41) is 4.76. The predicted molar refractivity (Wildman–Crippen MR) is 93.1 cm³/mol. The zero-order chi connectivity index (χ0) is 16.8. The predicted octanol–water partition coefficient (Wildman–Crippen LogP) is 2.03. The first-order chi connectivity index (χ1) is 11.7. The number of rotatable bonds is 6. The number of halogens is 1. The molecule has 2 fully saturated rings. The third kappa shape index (κ3) is 4.94. The smallest absolute Gasteiger partial charge is 0.224 e. The van der Waals surface area contributed by atoms with Gasteiger partial charge in [-0.25, -0.2) is 0 Å².